The Bertz CT molecular complexity index is 790. The molecule has 0 saturated carbocycles. The highest BCUT2D eigenvalue weighted by Gasteiger charge is 2.10. The first-order valence-electron chi connectivity index (χ1n) is 5.86. The molecule has 0 fully saturated rings. The number of benzene rings is 2. The predicted octanol–water partition coefficient (Wildman–Crippen LogP) is 2.67. The molecule has 1 atom stereocenters. The lowest BCUT2D eigenvalue weighted by atomic mass is 9.99. The van der Waals surface area contributed by atoms with Crippen LogP contribution in [0.25, 0.3) is 11.0 Å². The molecule has 3 aromatic rings. The molecule has 0 bridgehead atoms. The standard InChI is InChI=1S/C14H12BrN3O/c15-10-3-1-2-8(6-10)13(16)9-4-5-11-12(7-9)18-14(19)17-11/h1-7,13H,16H2,(H2,17,18,19). The SMILES string of the molecule is NC(c1cccc(Br)c1)c1ccc2[nH]c(=O)[nH]c2c1. The van der Waals surface area contributed by atoms with Gasteiger partial charge >= 0.3 is 5.69 Å². The Morgan fingerprint density at radius 1 is 1.00 bits per heavy atom. The molecule has 0 radical (unpaired) electrons. The number of halogens is 1. The first-order valence-corrected chi connectivity index (χ1v) is 6.66. The Morgan fingerprint density at radius 2 is 1.74 bits per heavy atom. The van der Waals surface area contributed by atoms with E-state index in [1.54, 1.807) is 0 Å². The van der Waals surface area contributed by atoms with Crippen LogP contribution in [0.4, 0.5) is 0 Å². The van der Waals surface area contributed by atoms with E-state index in [0.29, 0.717) is 0 Å². The zero-order valence-electron chi connectivity index (χ0n) is 9.98. The van der Waals surface area contributed by atoms with Gasteiger partial charge in [-0.15, -0.1) is 0 Å². The van der Waals surface area contributed by atoms with Crippen LogP contribution in [0.3, 0.4) is 0 Å². The van der Waals surface area contributed by atoms with E-state index in [1.165, 1.54) is 0 Å². The Kier molecular flexibility index (Phi) is 3.00. The van der Waals surface area contributed by atoms with E-state index in [-0.39, 0.29) is 11.7 Å². The second-order valence-electron chi connectivity index (χ2n) is 4.42. The van der Waals surface area contributed by atoms with Gasteiger partial charge in [0.25, 0.3) is 0 Å². The van der Waals surface area contributed by atoms with Gasteiger partial charge in [-0.05, 0) is 35.4 Å². The van der Waals surface area contributed by atoms with Crippen molar-refractivity contribution in [1.82, 2.24) is 9.97 Å². The Morgan fingerprint density at radius 3 is 2.53 bits per heavy atom. The number of aromatic nitrogens is 2. The second kappa shape index (κ2) is 4.68. The minimum Gasteiger partial charge on any atom is -0.320 e. The summed E-state index contributed by atoms with van der Waals surface area (Å²) in [5.41, 5.74) is 9.59. The number of nitrogens with two attached hydrogens (primary N) is 1. The summed E-state index contributed by atoms with van der Waals surface area (Å²) in [5, 5.41) is 0. The van der Waals surface area contributed by atoms with Gasteiger partial charge in [0.05, 0.1) is 17.1 Å². The number of nitrogens with one attached hydrogen (secondary N) is 2. The van der Waals surface area contributed by atoms with Gasteiger partial charge in [-0.1, -0.05) is 34.1 Å². The van der Waals surface area contributed by atoms with Crippen molar-refractivity contribution in [3.63, 3.8) is 0 Å². The first kappa shape index (κ1) is 12.2. The number of hydrogen-bond acceptors (Lipinski definition) is 2. The summed E-state index contributed by atoms with van der Waals surface area (Å²) in [6, 6.07) is 13.4. The predicted molar refractivity (Wildman–Crippen MR) is 79.1 cm³/mol. The van der Waals surface area contributed by atoms with Crippen LogP contribution >= 0.6 is 15.9 Å². The molecule has 4 N–H and O–H groups in total. The van der Waals surface area contributed by atoms with Gasteiger partial charge in [-0.25, -0.2) is 4.79 Å². The smallest absolute Gasteiger partial charge is 0.320 e. The fourth-order valence-electron chi connectivity index (χ4n) is 2.14. The molecule has 1 heterocycles. The van der Waals surface area contributed by atoms with Crippen LogP contribution in [-0.4, -0.2) is 9.97 Å². The van der Waals surface area contributed by atoms with Crippen LogP contribution in [-0.2, 0) is 0 Å². The molecule has 0 saturated heterocycles. The van der Waals surface area contributed by atoms with E-state index in [2.05, 4.69) is 25.9 Å². The Hall–Kier alpha value is -1.85. The molecule has 0 spiro atoms. The number of fused-ring (bicyclic) bond motifs is 1. The van der Waals surface area contributed by atoms with Gasteiger partial charge in [0.1, 0.15) is 0 Å². The molecule has 4 nitrogen and oxygen atoms in total. The van der Waals surface area contributed by atoms with E-state index in [4.69, 9.17) is 5.73 Å². The van der Waals surface area contributed by atoms with Gasteiger partial charge in [-0.3, -0.25) is 0 Å². The highest BCUT2D eigenvalue weighted by molar-refractivity contribution is 9.10. The van der Waals surface area contributed by atoms with E-state index in [9.17, 15) is 4.79 Å². The second-order valence-corrected chi connectivity index (χ2v) is 5.33. The van der Waals surface area contributed by atoms with Crippen LogP contribution in [0.1, 0.15) is 17.2 Å². The normalized spacial score (nSPS) is 12.7. The summed E-state index contributed by atoms with van der Waals surface area (Å²) in [4.78, 5) is 16.7. The van der Waals surface area contributed by atoms with Crippen LogP contribution < -0.4 is 11.4 Å². The summed E-state index contributed by atoms with van der Waals surface area (Å²) < 4.78 is 0.997. The number of hydrogen-bond donors (Lipinski definition) is 3. The van der Waals surface area contributed by atoms with Crippen molar-refractivity contribution in [2.45, 2.75) is 6.04 Å². The van der Waals surface area contributed by atoms with Crippen LogP contribution in [0, 0.1) is 0 Å². The van der Waals surface area contributed by atoms with Gasteiger partial charge < -0.3 is 15.7 Å². The molecule has 1 aromatic heterocycles. The van der Waals surface area contributed by atoms with Crippen molar-refractivity contribution in [3.8, 4) is 0 Å². The Balaban J connectivity index is 2.05. The van der Waals surface area contributed by atoms with Gasteiger partial charge in [0, 0.05) is 4.47 Å². The van der Waals surface area contributed by atoms with Crippen molar-refractivity contribution in [2.24, 2.45) is 5.73 Å². The molecule has 0 aliphatic heterocycles. The molecule has 3 rings (SSSR count). The largest absolute Gasteiger partial charge is 0.323 e. The minimum absolute atomic E-state index is 0.205. The topological polar surface area (TPSA) is 74.7 Å². The Labute approximate surface area is 117 Å². The first-order chi connectivity index (χ1) is 9.13. The lowest BCUT2D eigenvalue weighted by Crippen LogP contribution is -2.11. The minimum atomic E-state index is -0.222. The lowest BCUT2D eigenvalue weighted by Gasteiger charge is -2.13. The average molecular weight is 318 g/mol. The summed E-state index contributed by atoms with van der Waals surface area (Å²) in [5.74, 6) is 0. The quantitative estimate of drug-likeness (QED) is 0.679. The van der Waals surface area contributed by atoms with Crippen molar-refractivity contribution in [1.29, 1.82) is 0 Å². The van der Waals surface area contributed by atoms with E-state index in [1.807, 2.05) is 42.5 Å². The molecule has 0 aliphatic carbocycles. The summed E-state index contributed by atoms with van der Waals surface area (Å²) in [7, 11) is 0. The van der Waals surface area contributed by atoms with Crippen molar-refractivity contribution < 1.29 is 0 Å². The van der Waals surface area contributed by atoms with Crippen LogP contribution in [0.2, 0.25) is 0 Å². The molecular formula is C14H12BrN3O. The van der Waals surface area contributed by atoms with Crippen molar-refractivity contribution in [3.05, 3.63) is 68.5 Å². The van der Waals surface area contributed by atoms with E-state index < -0.39 is 0 Å². The highest BCUT2D eigenvalue weighted by Crippen LogP contribution is 2.24. The maximum absolute atomic E-state index is 11.2. The fourth-order valence-corrected chi connectivity index (χ4v) is 2.55. The molecule has 5 heteroatoms. The summed E-state index contributed by atoms with van der Waals surface area (Å²) in [6.07, 6.45) is 0. The van der Waals surface area contributed by atoms with E-state index >= 15 is 0 Å². The highest BCUT2D eigenvalue weighted by atomic mass is 79.9. The monoisotopic (exact) mass is 317 g/mol. The molecule has 0 aliphatic rings. The molecular weight excluding hydrogens is 306 g/mol. The number of imidazole rings is 1. The third-order valence-corrected chi connectivity index (χ3v) is 3.60. The van der Waals surface area contributed by atoms with E-state index in [0.717, 1.165) is 26.6 Å². The molecule has 2 aromatic carbocycles. The molecule has 0 amide bonds. The summed E-state index contributed by atoms with van der Waals surface area (Å²) >= 11 is 3.44. The van der Waals surface area contributed by atoms with Gasteiger partial charge in [-0.2, -0.15) is 0 Å². The number of rotatable bonds is 2. The fraction of sp³-hybridized carbons (Fsp3) is 0.0714. The third-order valence-electron chi connectivity index (χ3n) is 3.11. The van der Waals surface area contributed by atoms with Crippen LogP contribution in [0.15, 0.2) is 51.7 Å². The molecule has 1 unspecified atom stereocenters. The zero-order valence-corrected chi connectivity index (χ0v) is 11.6. The van der Waals surface area contributed by atoms with Crippen molar-refractivity contribution in [2.75, 3.05) is 0 Å². The number of aromatic amines is 2. The maximum Gasteiger partial charge on any atom is 0.323 e. The maximum atomic E-state index is 11.2. The van der Waals surface area contributed by atoms with Crippen LogP contribution in [0.5, 0.6) is 0 Å². The molecule has 96 valence electrons. The van der Waals surface area contributed by atoms with Crippen molar-refractivity contribution >= 4 is 27.0 Å². The summed E-state index contributed by atoms with van der Waals surface area (Å²) in [6.45, 7) is 0. The average Bonchev–Trinajstić information content (AvgIpc) is 2.76. The lowest BCUT2D eigenvalue weighted by molar-refractivity contribution is 0.872. The van der Waals surface area contributed by atoms with Gasteiger partial charge in [0.2, 0.25) is 0 Å². The number of H-pyrrole nitrogens is 2. The van der Waals surface area contributed by atoms with Gasteiger partial charge in [0.15, 0.2) is 0 Å². The molecule has 19 heavy (non-hydrogen) atoms. The third kappa shape index (κ3) is 2.34. The zero-order chi connectivity index (χ0) is 13.4.